The van der Waals surface area contributed by atoms with Crippen LogP contribution in [0, 0.1) is 0 Å². The van der Waals surface area contributed by atoms with Crippen molar-refractivity contribution >= 4 is 72.5 Å². The van der Waals surface area contributed by atoms with Gasteiger partial charge in [-0.2, -0.15) is 10.3 Å². The van der Waals surface area contributed by atoms with Crippen LogP contribution in [0.2, 0.25) is 0 Å². The first-order chi connectivity index (χ1) is 6.74. The Morgan fingerprint density at radius 2 is 1.00 bits per heavy atom. The normalized spacial score (nSPS) is 6.27. The predicted octanol–water partition coefficient (Wildman–Crippen LogP) is 1.40. The average Bonchev–Trinajstić information content (AvgIpc) is 2.15. The van der Waals surface area contributed by atoms with Gasteiger partial charge in [-0.15, -0.1) is 0 Å². The van der Waals surface area contributed by atoms with Crippen LogP contribution in [0.1, 0.15) is 25.7 Å². The molecule has 4 N–H and O–H groups in total. The number of thiocarbonyl (C=S) groups is 2. The van der Waals surface area contributed by atoms with Crippen LogP contribution in [0.5, 0.6) is 0 Å². The van der Waals surface area contributed by atoms with Crippen molar-refractivity contribution in [1.29, 1.82) is 0 Å². The van der Waals surface area contributed by atoms with Crippen LogP contribution in [-0.4, -0.2) is 61.2 Å². The molecule has 0 saturated carbocycles. The molecule has 0 aromatic rings. The zero-order valence-corrected chi connectivity index (χ0v) is 12.7. The van der Waals surface area contributed by atoms with Gasteiger partial charge in [0, 0.05) is 0 Å². The molecule has 0 saturated heterocycles. The summed E-state index contributed by atoms with van der Waals surface area (Å²) < 4.78 is 0. The second kappa shape index (κ2) is 36.4. The molecule has 0 amide bonds. The van der Waals surface area contributed by atoms with E-state index >= 15 is 0 Å². The van der Waals surface area contributed by atoms with Gasteiger partial charge in [0.1, 0.15) is 0 Å². The number of nitrogens with zero attached hydrogens (tertiary/aromatic N) is 2. The van der Waals surface area contributed by atoms with E-state index in [1.54, 1.807) is 0 Å². The summed E-state index contributed by atoms with van der Waals surface area (Å²) in [6.45, 7) is 1.65. The van der Waals surface area contributed by atoms with Gasteiger partial charge in [-0.3, -0.25) is 0 Å². The number of unbranched alkanes of at least 4 members (excludes halogenated alkanes) is 3. The van der Waals surface area contributed by atoms with E-state index in [1.165, 1.54) is 23.2 Å². The van der Waals surface area contributed by atoms with Gasteiger partial charge in [0.15, 0.2) is 0 Å². The largest absolute Gasteiger partial charge is 2.00 e. The van der Waals surface area contributed by atoms with Gasteiger partial charge in [-0.25, -0.2) is 0 Å². The summed E-state index contributed by atoms with van der Waals surface area (Å²) in [6, 6.07) is 0. The van der Waals surface area contributed by atoms with E-state index in [1.807, 2.05) is 0 Å². The maximum atomic E-state index is 7.13. The van der Waals surface area contributed by atoms with Gasteiger partial charge in [-0.05, 0) is 25.9 Å². The number of nitrogens with two attached hydrogens (primary N) is 2. The van der Waals surface area contributed by atoms with E-state index in [-0.39, 0.29) is 37.7 Å². The molecule has 0 heterocycles. The number of hydrogen-bond acceptors (Lipinski definition) is 4. The fraction of sp³-hybridized carbons (Fsp3) is 0.750. The van der Waals surface area contributed by atoms with E-state index in [4.69, 9.17) is 22.3 Å². The monoisotopic (exact) mass is 272 g/mol. The van der Waals surface area contributed by atoms with E-state index in [0.29, 0.717) is 0 Å². The van der Waals surface area contributed by atoms with E-state index in [2.05, 4.69) is 24.4 Å². The van der Waals surface area contributed by atoms with E-state index in [0.717, 1.165) is 25.9 Å². The SMILES string of the molecule is NCCCCCCN.[Ca+2].[N-]=C=S.[N-]=C=S. The fourth-order valence-electron chi connectivity index (χ4n) is 0.642. The first-order valence-electron chi connectivity index (χ1n) is 4.17. The van der Waals surface area contributed by atoms with Crippen LogP contribution >= 0.6 is 24.4 Å². The summed E-state index contributed by atoms with van der Waals surface area (Å²) in [6.07, 6.45) is 4.79. The quantitative estimate of drug-likeness (QED) is 0.342. The molecule has 0 aliphatic heterocycles. The van der Waals surface area contributed by atoms with Gasteiger partial charge < -0.3 is 22.3 Å². The van der Waals surface area contributed by atoms with Crippen LogP contribution in [-0.2, 0) is 0 Å². The predicted molar refractivity (Wildman–Crippen MR) is 74.2 cm³/mol. The topological polar surface area (TPSA) is 96.6 Å². The molecular formula is C8H16CaN4S2. The molecule has 4 nitrogen and oxygen atoms in total. The molecular weight excluding hydrogens is 256 g/mol. The minimum absolute atomic E-state index is 0. The van der Waals surface area contributed by atoms with Crippen molar-refractivity contribution in [3.05, 3.63) is 10.8 Å². The Bertz CT molecular complexity index is 137. The van der Waals surface area contributed by atoms with Crippen LogP contribution in [0.25, 0.3) is 10.8 Å². The molecule has 0 radical (unpaired) electrons. The van der Waals surface area contributed by atoms with Crippen molar-refractivity contribution in [2.75, 3.05) is 13.1 Å². The Hall–Kier alpha value is 0.780. The molecule has 0 aliphatic rings. The standard InChI is InChI=1S/C6H16N2.2CNS.Ca/c7-5-3-1-2-4-6-8;2*2-1-3;/h1-8H2;;;/q;2*-1;+2. The van der Waals surface area contributed by atoms with Crippen molar-refractivity contribution in [2.24, 2.45) is 11.5 Å². The third-order valence-corrected chi connectivity index (χ3v) is 1.16. The second-order valence-electron chi connectivity index (χ2n) is 2.17. The van der Waals surface area contributed by atoms with Gasteiger partial charge in [0.2, 0.25) is 0 Å². The molecule has 0 spiro atoms. The maximum absolute atomic E-state index is 7.13. The van der Waals surface area contributed by atoms with Crippen LogP contribution < -0.4 is 11.5 Å². The van der Waals surface area contributed by atoms with Gasteiger partial charge >= 0.3 is 37.7 Å². The number of hydrogen-bond donors (Lipinski definition) is 2. The minimum atomic E-state index is 0. The molecule has 7 heteroatoms. The van der Waals surface area contributed by atoms with Crippen LogP contribution in [0.4, 0.5) is 0 Å². The first kappa shape index (κ1) is 24.8. The number of isothiocyanates is 2. The van der Waals surface area contributed by atoms with Crippen LogP contribution in [0.15, 0.2) is 0 Å². The molecule has 15 heavy (non-hydrogen) atoms. The Morgan fingerprint density at radius 1 is 0.800 bits per heavy atom. The van der Waals surface area contributed by atoms with E-state index in [9.17, 15) is 0 Å². The van der Waals surface area contributed by atoms with Crippen molar-refractivity contribution in [1.82, 2.24) is 0 Å². The smallest absolute Gasteiger partial charge is 0.753 e. The van der Waals surface area contributed by atoms with E-state index < -0.39 is 0 Å². The first-order valence-corrected chi connectivity index (χ1v) is 4.99. The zero-order valence-electron chi connectivity index (χ0n) is 8.82. The fourth-order valence-corrected chi connectivity index (χ4v) is 0.642. The van der Waals surface area contributed by atoms with Gasteiger partial charge in [0.05, 0.1) is 0 Å². The summed E-state index contributed by atoms with van der Waals surface area (Å²) in [7, 11) is 0. The summed E-state index contributed by atoms with van der Waals surface area (Å²) >= 11 is 7.40. The second-order valence-corrected chi connectivity index (χ2v) is 2.54. The van der Waals surface area contributed by atoms with Crippen molar-refractivity contribution < 1.29 is 0 Å². The van der Waals surface area contributed by atoms with Crippen LogP contribution in [0.3, 0.4) is 0 Å². The zero-order chi connectivity index (χ0) is 11.7. The van der Waals surface area contributed by atoms with Crippen molar-refractivity contribution in [2.45, 2.75) is 25.7 Å². The number of rotatable bonds is 5. The molecule has 0 aromatic carbocycles. The van der Waals surface area contributed by atoms with Crippen molar-refractivity contribution in [3.8, 4) is 0 Å². The maximum Gasteiger partial charge on any atom is 2.00 e. The Balaban J connectivity index is -0.0000000733. The van der Waals surface area contributed by atoms with Crippen molar-refractivity contribution in [3.63, 3.8) is 0 Å². The van der Waals surface area contributed by atoms with Gasteiger partial charge in [-0.1, -0.05) is 37.3 Å². The molecule has 0 bridgehead atoms. The molecule has 0 aliphatic carbocycles. The summed E-state index contributed by atoms with van der Waals surface area (Å²) in [5, 5.41) is 16.9. The molecule has 82 valence electrons. The molecule has 0 fully saturated rings. The Kier molecular flexibility index (Phi) is 60.3. The third-order valence-electron chi connectivity index (χ3n) is 1.16. The molecule has 0 aromatic heterocycles. The molecule has 0 atom stereocenters. The summed E-state index contributed by atoms with van der Waals surface area (Å²) in [4.78, 5) is 0. The Labute approximate surface area is 132 Å². The molecule has 0 rings (SSSR count). The summed E-state index contributed by atoms with van der Waals surface area (Å²) in [5.74, 6) is 0. The Morgan fingerprint density at radius 3 is 1.13 bits per heavy atom. The minimum Gasteiger partial charge on any atom is -0.753 e. The van der Waals surface area contributed by atoms with Gasteiger partial charge in [0.25, 0.3) is 0 Å². The summed E-state index contributed by atoms with van der Waals surface area (Å²) in [5.41, 5.74) is 10.6. The third kappa shape index (κ3) is 72.3. The average molecular weight is 272 g/mol. The molecule has 0 unspecified atom stereocenters.